The molecular weight excluding hydrogens is 674 g/mol. The summed E-state index contributed by atoms with van der Waals surface area (Å²) in [6.45, 7) is 15.8. The highest BCUT2D eigenvalue weighted by Gasteiger charge is 2.42. The molecule has 2 heterocycles. The fourth-order valence-electron chi connectivity index (χ4n) is 4.53. The van der Waals surface area contributed by atoms with E-state index in [1.54, 1.807) is 33.0 Å². The van der Waals surface area contributed by atoms with E-state index in [0.29, 0.717) is 10.9 Å². The number of halogens is 3. The van der Waals surface area contributed by atoms with Crippen LogP contribution in [0.4, 0.5) is 27.9 Å². The summed E-state index contributed by atoms with van der Waals surface area (Å²) in [6.07, 6.45) is 0.544. The van der Waals surface area contributed by atoms with Crippen molar-refractivity contribution in [3.05, 3.63) is 78.0 Å². The number of pyridine rings is 1. The molecule has 0 spiro atoms. The van der Waals surface area contributed by atoms with E-state index in [0.717, 1.165) is 22.8 Å². The van der Waals surface area contributed by atoms with Gasteiger partial charge in [0.2, 0.25) is 5.95 Å². The zero-order chi connectivity index (χ0) is 36.4. The third-order valence-electron chi connectivity index (χ3n) is 8.12. The van der Waals surface area contributed by atoms with Gasteiger partial charge in [0.15, 0.2) is 13.4 Å². The average molecular weight is 717 g/mol. The minimum Gasteiger partial charge on any atom is -0.447 e. The third kappa shape index (κ3) is 10.2. The molecule has 0 radical (unpaired) electrons. The number of carbonyl (C=O) groups is 2. The quantitative estimate of drug-likeness (QED) is 0.124. The third-order valence-corrected chi connectivity index (χ3v) is 13.5. The molecule has 0 bridgehead atoms. The normalized spacial score (nSPS) is 13.9. The number of hydrogen-bond acceptors (Lipinski definition) is 8. The van der Waals surface area contributed by atoms with Crippen LogP contribution in [-0.2, 0) is 19.8 Å². The first-order valence-electron chi connectivity index (χ1n) is 15.7. The molecule has 49 heavy (non-hydrogen) atoms. The Morgan fingerprint density at radius 2 is 1.57 bits per heavy atom. The molecule has 0 aliphatic heterocycles. The van der Waals surface area contributed by atoms with Gasteiger partial charge in [0.25, 0.3) is 5.92 Å². The molecule has 0 aliphatic rings. The molecule has 4 aromatic rings. The molecule has 0 saturated carbocycles. The summed E-state index contributed by atoms with van der Waals surface area (Å²) in [5, 5.41) is 6.86. The summed E-state index contributed by atoms with van der Waals surface area (Å²) >= 11 is 1.19. The van der Waals surface area contributed by atoms with Crippen LogP contribution in [0, 0.1) is 5.95 Å². The van der Waals surface area contributed by atoms with E-state index in [4.69, 9.17) is 13.9 Å². The Bertz CT molecular complexity index is 1780. The molecule has 2 N–H and O–H groups in total. The number of hydrogen-bond donors (Lipinski definition) is 2. The molecule has 2 atom stereocenters. The van der Waals surface area contributed by atoms with Crippen LogP contribution in [0.5, 0.6) is 0 Å². The van der Waals surface area contributed by atoms with E-state index >= 15 is 0 Å². The van der Waals surface area contributed by atoms with Crippen LogP contribution in [0.2, 0.25) is 18.1 Å². The molecule has 0 aliphatic carbocycles. The molecule has 264 valence electrons. The summed E-state index contributed by atoms with van der Waals surface area (Å²) in [7, 11) is -2.56. The maximum absolute atomic E-state index is 14.1. The Morgan fingerprint density at radius 1 is 0.898 bits per heavy atom. The number of anilines is 1. The predicted molar refractivity (Wildman–Crippen MR) is 188 cm³/mol. The van der Waals surface area contributed by atoms with Crippen molar-refractivity contribution in [3.8, 4) is 10.4 Å². The average Bonchev–Trinajstić information content (AvgIpc) is 3.44. The molecule has 0 saturated heterocycles. The number of nitrogens with one attached hydrogen (secondary N) is 2. The van der Waals surface area contributed by atoms with Crippen molar-refractivity contribution >= 4 is 47.7 Å². The van der Waals surface area contributed by atoms with Gasteiger partial charge in [0, 0.05) is 36.3 Å². The lowest BCUT2D eigenvalue weighted by atomic mass is 10.00. The van der Waals surface area contributed by atoms with Gasteiger partial charge in [-0.05, 0) is 61.5 Å². The van der Waals surface area contributed by atoms with Gasteiger partial charge >= 0.3 is 12.2 Å². The Hall–Kier alpha value is -4.01. The first-order valence-corrected chi connectivity index (χ1v) is 19.4. The number of amides is 2. The summed E-state index contributed by atoms with van der Waals surface area (Å²) < 4.78 is 59.8. The Labute approximate surface area is 289 Å². The lowest BCUT2D eigenvalue weighted by molar-refractivity contribution is 0.0173. The van der Waals surface area contributed by atoms with E-state index < -0.39 is 50.1 Å². The van der Waals surface area contributed by atoms with Gasteiger partial charge in [-0.1, -0.05) is 68.5 Å². The lowest BCUT2D eigenvalue weighted by Gasteiger charge is -2.41. The van der Waals surface area contributed by atoms with Crippen molar-refractivity contribution in [1.82, 2.24) is 15.3 Å². The zero-order valence-electron chi connectivity index (χ0n) is 29.1. The largest absolute Gasteiger partial charge is 0.447 e. The Balaban J connectivity index is 1.58. The maximum Gasteiger partial charge on any atom is 0.413 e. The monoisotopic (exact) mass is 716 g/mol. The topological polar surface area (TPSA) is 112 Å². The number of nitrogens with zero attached hydrogens (tertiary/aromatic N) is 2. The highest BCUT2D eigenvalue weighted by molar-refractivity contribution is 7.19. The van der Waals surface area contributed by atoms with Crippen LogP contribution >= 0.6 is 11.3 Å². The molecule has 14 heteroatoms. The lowest BCUT2D eigenvalue weighted by Crippen LogP contribution is -2.50. The fraction of sp³-hybridized carbons (Fsp3) is 0.429. The second kappa shape index (κ2) is 14.5. The number of aromatic nitrogens is 2. The maximum atomic E-state index is 14.1. The minimum absolute atomic E-state index is 0.176. The van der Waals surface area contributed by atoms with E-state index in [1.807, 2.05) is 46.0 Å². The second-order valence-electron chi connectivity index (χ2n) is 14.4. The van der Waals surface area contributed by atoms with Crippen molar-refractivity contribution in [1.29, 1.82) is 0 Å². The molecule has 9 nitrogen and oxygen atoms in total. The summed E-state index contributed by atoms with van der Waals surface area (Å²) in [5.41, 5.74) is 0.287. The van der Waals surface area contributed by atoms with Gasteiger partial charge in [0.1, 0.15) is 12.2 Å². The van der Waals surface area contributed by atoms with Crippen molar-refractivity contribution in [2.45, 2.75) is 90.3 Å². The van der Waals surface area contributed by atoms with Gasteiger partial charge in [0.05, 0.1) is 17.0 Å². The number of rotatable bonds is 10. The number of benzene rings is 2. The smallest absolute Gasteiger partial charge is 0.413 e. The van der Waals surface area contributed by atoms with Crippen LogP contribution in [0.15, 0.2) is 60.9 Å². The predicted octanol–water partition coefficient (Wildman–Crippen LogP) is 9.81. The second-order valence-corrected chi connectivity index (χ2v) is 20.2. The SMILES string of the molecule is CC(C)(C)OC(=O)N[C@H](COC(=O)Nc1ncc(-c2ccc3cnc(F)cc3c2)s1)[C@@H](O[Si](C)(C)C(C)(C)C)c1ccc(C(C)(F)F)cc1. The molecular formula is C35H43F3N4O5SSi. The number of thiazole rings is 1. The van der Waals surface area contributed by atoms with Gasteiger partial charge < -0.3 is 19.2 Å². The fourth-order valence-corrected chi connectivity index (χ4v) is 6.61. The molecule has 0 unspecified atom stereocenters. The van der Waals surface area contributed by atoms with E-state index in [2.05, 4.69) is 20.6 Å². The number of fused-ring (bicyclic) bond motifs is 1. The van der Waals surface area contributed by atoms with Crippen LogP contribution < -0.4 is 10.6 Å². The van der Waals surface area contributed by atoms with Crippen molar-refractivity contribution < 1.29 is 36.7 Å². The van der Waals surface area contributed by atoms with Crippen LogP contribution in [0.1, 0.15) is 65.7 Å². The van der Waals surface area contributed by atoms with Crippen molar-refractivity contribution in [2.24, 2.45) is 0 Å². The first-order chi connectivity index (χ1) is 22.6. The molecule has 2 amide bonds. The first kappa shape index (κ1) is 37.8. The number of alkyl carbamates (subject to hydrolysis) is 1. The van der Waals surface area contributed by atoms with Crippen LogP contribution in [0.25, 0.3) is 21.2 Å². The minimum atomic E-state index is -3.05. The molecule has 4 rings (SSSR count). The van der Waals surface area contributed by atoms with Crippen molar-refractivity contribution in [2.75, 3.05) is 11.9 Å². The Morgan fingerprint density at radius 3 is 2.18 bits per heavy atom. The Kier molecular flexibility index (Phi) is 11.2. The van der Waals surface area contributed by atoms with Gasteiger partial charge in [-0.2, -0.15) is 4.39 Å². The van der Waals surface area contributed by atoms with Crippen molar-refractivity contribution in [3.63, 3.8) is 0 Å². The van der Waals surface area contributed by atoms with Gasteiger partial charge in [-0.15, -0.1) is 0 Å². The van der Waals surface area contributed by atoms with E-state index in [9.17, 15) is 22.8 Å². The van der Waals surface area contributed by atoms with E-state index in [-0.39, 0.29) is 22.3 Å². The number of ether oxygens (including phenoxy) is 2. The summed E-state index contributed by atoms with van der Waals surface area (Å²) in [4.78, 5) is 34.8. The standard InChI is InChI=1S/C35H43F3N4O5SSi/c1-33(2,3)46-32(44)41-26(29(47-49(8,9)34(4,5)6)21-12-14-25(15-13-21)35(7,37)38)20-45-31(43)42-30-40-19-27(48-30)22-10-11-23-18-39-28(36)17-24(23)16-22/h10-19,26,29H,20H2,1-9H3,(H,41,44)(H,40,42,43)/t26-,29+/m1/s1. The zero-order valence-corrected chi connectivity index (χ0v) is 30.9. The highest BCUT2D eigenvalue weighted by atomic mass is 32.1. The molecule has 0 fully saturated rings. The van der Waals surface area contributed by atoms with E-state index in [1.165, 1.54) is 47.9 Å². The van der Waals surface area contributed by atoms with Crippen LogP contribution in [-0.4, -0.2) is 48.7 Å². The number of alkyl halides is 2. The molecule has 2 aromatic heterocycles. The number of carbonyl (C=O) groups excluding carboxylic acids is 2. The highest BCUT2D eigenvalue weighted by Crippen LogP contribution is 2.41. The summed E-state index contributed by atoms with van der Waals surface area (Å²) in [5.74, 6) is -3.64. The summed E-state index contributed by atoms with van der Waals surface area (Å²) in [6, 6.07) is 11.5. The van der Waals surface area contributed by atoms with Crippen LogP contribution in [0.3, 0.4) is 0 Å². The van der Waals surface area contributed by atoms with Gasteiger partial charge in [-0.3, -0.25) is 5.32 Å². The molecule has 2 aromatic carbocycles. The van der Waals surface area contributed by atoms with Gasteiger partial charge in [-0.25, -0.2) is 28.3 Å².